The Kier molecular flexibility index (Phi) is 11.5. The summed E-state index contributed by atoms with van der Waals surface area (Å²) < 4.78 is 7.66. The summed E-state index contributed by atoms with van der Waals surface area (Å²) in [6, 6.07) is 24.9. The Bertz CT molecular complexity index is 3330. The van der Waals surface area contributed by atoms with Crippen molar-refractivity contribution in [2.75, 3.05) is 9.80 Å². The minimum Gasteiger partial charge on any atom is -0.468 e. The maximum Gasteiger partial charge on any atom is 0.297 e. The number of furan rings is 1. The fourth-order valence-electron chi connectivity index (χ4n) is 14.4. The van der Waals surface area contributed by atoms with Gasteiger partial charge in [-0.05, 0) is 193 Å². The highest BCUT2D eigenvalue weighted by molar-refractivity contribution is 7.00. The normalized spacial score (nSPS) is 23.4. The first-order chi connectivity index (χ1) is 34.6. The van der Waals surface area contributed by atoms with Gasteiger partial charge in [-0.15, -0.1) is 0 Å². The summed E-state index contributed by atoms with van der Waals surface area (Å²) in [7, 11) is 0. The molecule has 0 bridgehead atoms. The van der Waals surface area contributed by atoms with E-state index in [0.29, 0.717) is 17.8 Å². The summed E-state index contributed by atoms with van der Waals surface area (Å²) in [6.07, 6.45) is 18.9. The van der Waals surface area contributed by atoms with E-state index in [9.17, 15) is 0 Å². The van der Waals surface area contributed by atoms with Gasteiger partial charge in [0, 0.05) is 33.7 Å². The zero-order chi connectivity index (χ0) is 54.3. The lowest BCUT2D eigenvalue weighted by atomic mass is 9.35. The number of nitrogens with zero attached hydrogens (tertiary/aromatic N) is 2. The SMILES string of the molecule is Cc1cc2c3c(c1)N(c1ccc(C(C)(C)C)cc1C1=CC(C(C)(C)C)CC(C(C)(C)C)=C1)c1c(oc4ccc(C(C)(C)C)cc14)B3c1cc3c(cc1N2C1=CC2C(C=C1)C(C)(C)CCC2(C)C)C(C)(C)CCC3(C)C. The van der Waals surface area contributed by atoms with E-state index < -0.39 is 0 Å². The lowest BCUT2D eigenvalue weighted by Gasteiger charge is -2.52. The van der Waals surface area contributed by atoms with Crippen LogP contribution in [0.4, 0.5) is 28.4 Å². The summed E-state index contributed by atoms with van der Waals surface area (Å²) in [4.78, 5) is 5.41. The van der Waals surface area contributed by atoms with Gasteiger partial charge < -0.3 is 14.2 Å². The highest BCUT2D eigenvalue weighted by Crippen LogP contribution is 2.58. The van der Waals surface area contributed by atoms with Crippen LogP contribution in [-0.4, -0.2) is 6.71 Å². The van der Waals surface area contributed by atoms with Crippen LogP contribution in [0.3, 0.4) is 0 Å². The highest BCUT2D eigenvalue weighted by Gasteiger charge is 2.52. The first-order valence-electron chi connectivity index (χ1n) is 29.1. The number of anilines is 5. The van der Waals surface area contributed by atoms with Gasteiger partial charge in [-0.25, -0.2) is 0 Å². The van der Waals surface area contributed by atoms with Gasteiger partial charge in [-0.3, -0.25) is 0 Å². The molecule has 1 fully saturated rings. The Morgan fingerprint density at radius 1 is 0.587 bits per heavy atom. The molecule has 0 N–H and O–H groups in total. The van der Waals surface area contributed by atoms with Gasteiger partial charge in [0.2, 0.25) is 0 Å². The first kappa shape index (κ1) is 52.1. The van der Waals surface area contributed by atoms with Crippen molar-refractivity contribution in [2.45, 2.75) is 199 Å². The second-order valence-electron chi connectivity index (χ2n) is 31.5. The van der Waals surface area contributed by atoms with Crippen LogP contribution in [0.25, 0.3) is 16.5 Å². The minimum absolute atomic E-state index is 0.0246. The van der Waals surface area contributed by atoms with Crippen LogP contribution in [0.2, 0.25) is 0 Å². The summed E-state index contributed by atoms with van der Waals surface area (Å²) in [5.74, 6) is 1.29. The molecule has 0 spiro atoms. The molecule has 1 saturated carbocycles. The van der Waals surface area contributed by atoms with Crippen molar-refractivity contribution in [3.05, 3.63) is 136 Å². The van der Waals surface area contributed by atoms with Crippen molar-refractivity contribution >= 4 is 68.3 Å². The Labute approximate surface area is 454 Å². The predicted octanol–water partition coefficient (Wildman–Crippen LogP) is 18.4. The molecule has 0 radical (unpaired) electrons. The van der Waals surface area contributed by atoms with Crippen LogP contribution < -0.4 is 26.4 Å². The average molecular weight is 999 g/mol. The van der Waals surface area contributed by atoms with Crippen LogP contribution in [0, 0.1) is 46.3 Å². The second kappa shape index (κ2) is 16.5. The quantitative estimate of drug-likeness (QED) is 0.165. The largest absolute Gasteiger partial charge is 0.468 e. The molecule has 4 heteroatoms. The van der Waals surface area contributed by atoms with Crippen LogP contribution in [-0.2, 0) is 21.7 Å². The molecule has 2 aliphatic heterocycles. The molecule has 1 aromatic heterocycles. The number of allylic oxidation sites excluding steroid dienone is 7. The van der Waals surface area contributed by atoms with Gasteiger partial charge in [-0.2, -0.15) is 0 Å². The van der Waals surface area contributed by atoms with Gasteiger partial charge >= 0.3 is 0 Å². The summed E-state index contributed by atoms with van der Waals surface area (Å²) >= 11 is 0. The van der Waals surface area contributed by atoms with E-state index in [1.54, 1.807) is 0 Å². The topological polar surface area (TPSA) is 19.6 Å². The van der Waals surface area contributed by atoms with Crippen molar-refractivity contribution in [1.29, 1.82) is 0 Å². The number of fused-ring (bicyclic) bond motifs is 8. The zero-order valence-corrected chi connectivity index (χ0v) is 50.3. The van der Waals surface area contributed by atoms with E-state index >= 15 is 0 Å². The fourth-order valence-corrected chi connectivity index (χ4v) is 14.4. The number of aryl methyl sites for hydroxylation is 1. The average Bonchev–Trinajstić information content (AvgIpc) is 3.68. The smallest absolute Gasteiger partial charge is 0.297 e. The first-order valence-corrected chi connectivity index (χ1v) is 29.1. The molecule has 0 amide bonds. The van der Waals surface area contributed by atoms with E-state index in [-0.39, 0.29) is 50.0 Å². The lowest BCUT2D eigenvalue weighted by molar-refractivity contribution is 0.0327. The lowest BCUT2D eigenvalue weighted by Crippen LogP contribution is -2.62. The summed E-state index contributed by atoms with van der Waals surface area (Å²) in [5, 5.41) is 1.18. The monoisotopic (exact) mass is 999 g/mol. The Balaban J connectivity index is 1.27. The van der Waals surface area contributed by atoms with Gasteiger partial charge in [0.1, 0.15) is 5.58 Å². The van der Waals surface area contributed by atoms with Gasteiger partial charge in [0.25, 0.3) is 6.71 Å². The Morgan fingerprint density at radius 2 is 1.17 bits per heavy atom. The van der Waals surface area contributed by atoms with Crippen LogP contribution >= 0.6 is 0 Å². The Hall–Kier alpha value is -4.96. The van der Waals surface area contributed by atoms with Crippen LogP contribution in [0.15, 0.2) is 107 Å². The van der Waals surface area contributed by atoms with Crippen LogP contribution in [0.1, 0.15) is 204 Å². The molecular weight excluding hydrogens is 908 g/mol. The molecule has 3 heterocycles. The van der Waals surface area contributed by atoms with E-state index in [4.69, 9.17) is 4.42 Å². The minimum atomic E-state index is -0.125. The number of benzene rings is 4. The maximum atomic E-state index is 7.66. The standard InChI is InChI=1S/C71H91BN2O/c1-42-32-58-61-59(33-42)74(56-26-22-44(64(2,3)4)37-49(56)43-34-46(66(8,9)10)36-47(35-43)67(11,12)13)62-50-38-45(65(5,6)7)23-27-60(50)75-63(62)72(61)55-40-53-54(71(20,21)31-30-70(53,18)19)41-57(55)73(58)48-24-25-51-52(39-48)69(16,17)29-28-68(51,14)15/h22-27,32-35,37-41,46,51-52H,28-31,36H2,1-21H3. The van der Waals surface area contributed by atoms with Gasteiger partial charge in [0.05, 0.1) is 17.0 Å². The molecule has 4 aromatic carbocycles. The van der Waals surface area contributed by atoms with E-state index in [1.807, 2.05) is 0 Å². The van der Waals surface area contributed by atoms with Crippen molar-refractivity contribution in [1.82, 2.24) is 0 Å². The molecule has 6 aliphatic rings. The maximum absolute atomic E-state index is 7.66. The number of rotatable bonds is 3. The molecule has 5 aromatic rings. The van der Waals surface area contributed by atoms with Crippen molar-refractivity contribution in [3.63, 3.8) is 0 Å². The zero-order valence-electron chi connectivity index (χ0n) is 50.3. The van der Waals surface area contributed by atoms with Crippen molar-refractivity contribution in [2.24, 2.45) is 39.4 Å². The van der Waals surface area contributed by atoms with Gasteiger partial charge in [0.15, 0.2) is 0 Å². The molecular formula is C71H91BN2O. The number of hydrogen-bond donors (Lipinski definition) is 0. The molecule has 4 aliphatic carbocycles. The molecule has 3 atom stereocenters. The van der Waals surface area contributed by atoms with Crippen LogP contribution in [0.5, 0.6) is 0 Å². The molecule has 0 saturated heterocycles. The third kappa shape index (κ3) is 8.42. The molecule has 11 rings (SSSR count). The second-order valence-corrected chi connectivity index (χ2v) is 31.5. The molecule has 3 unspecified atom stereocenters. The highest BCUT2D eigenvalue weighted by atomic mass is 16.3. The summed E-state index contributed by atoms with van der Waals surface area (Å²) in [6.45, 7) is 50.9. The van der Waals surface area contributed by atoms with Crippen molar-refractivity contribution in [3.8, 4) is 0 Å². The van der Waals surface area contributed by atoms with Gasteiger partial charge in [-0.1, -0.05) is 187 Å². The predicted molar refractivity (Wildman–Crippen MR) is 326 cm³/mol. The molecule has 75 heavy (non-hydrogen) atoms. The third-order valence-electron chi connectivity index (χ3n) is 20.0. The van der Waals surface area contributed by atoms with E-state index in [0.717, 1.165) is 24.1 Å². The van der Waals surface area contributed by atoms with E-state index in [1.165, 1.54) is 114 Å². The Morgan fingerprint density at radius 3 is 1.79 bits per heavy atom. The van der Waals surface area contributed by atoms with E-state index in [2.05, 4.69) is 246 Å². The summed E-state index contributed by atoms with van der Waals surface area (Å²) in [5.41, 5.74) is 23.7. The number of hydrogen-bond acceptors (Lipinski definition) is 3. The third-order valence-corrected chi connectivity index (χ3v) is 20.0. The molecule has 3 nitrogen and oxygen atoms in total. The molecule has 394 valence electrons. The van der Waals surface area contributed by atoms with Crippen molar-refractivity contribution < 1.29 is 4.42 Å². The fraction of sp³-hybridized carbons (Fsp3) is 0.521.